The molecular formula is C13H19ClN2O3S. The summed E-state index contributed by atoms with van der Waals surface area (Å²) in [5.41, 5.74) is 5.93. The third-order valence-electron chi connectivity index (χ3n) is 3.45. The Hall–Kier alpha value is -0.820. The van der Waals surface area contributed by atoms with Crippen molar-refractivity contribution in [3.05, 3.63) is 23.2 Å². The molecule has 0 saturated carbocycles. The molecule has 1 aliphatic heterocycles. The fourth-order valence-electron chi connectivity index (χ4n) is 2.28. The van der Waals surface area contributed by atoms with Gasteiger partial charge in [0.15, 0.2) is 0 Å². The molecule has 0 aromatic heterocycles. The van der Waals surface area contributed by atoms with E-state index < -0.39 is 10.0 Å². The molecule has 2 N–H and O–H groups in total. The van der Waals surface area contributed by atoms with E-state index in [1.54, 1.807) is 7.05 Å². The van der Waals surface area contributed by atoms with Crippen molar-refractivity contribution in [3.63, 3.8) is 0 Å². The Morgan fingerprint density at radius 1 is 1.50 bits per heavy atom. The van der Waals surface area contributed by atoms with Crippen LogP contribution in [0.3, 0.4) is 0 Å². The average molecular weight is 319 g/mol. The van der Waals surface area contributed by atoms with E-state index in [0.29, 0.717) is 18.2 Å². The van der Waals surface area contributed by atoms with Crippen molar-refractivity contribution < 1.29 is 13.2 Å². The van der Waals surface area contributed by atoms with Gasteiger partial charge in [0.05, 0.1) is 22.2 Å². The Morgan fingerprint density at radius 2 is 2.25 bits per heavy atom. The van der Waals surface area contributed by atoms with Crippen molar-refractivity contribution in [1.29, 1.82) is 0 Å². The lowest BCUT2D eigenvalue weighted by Gasteiger charge is -2.26. The standard InChI is InChI=1S/C13H19ClN2O3S/c1-16(8-10-3-2-6-19-9-10)20(17,18)11-4-5-12(14)13(15)7-11/h4-5,7,10H,2-3,6,8-9,15H2,1H3. The van der Waals surface area contributed by atoms with Gasteiger partial charge in [-0.2, -0.15) is 0 Å². The quantitative estimate of drug-likeness (QED) is 0.861. The number of halogens is 1. The Labute approximate surface area is 124 Å². The van der Waals surface area contributed by atoms with Gasteiger partial charge in [-0.25, -0.2) is 12.7 Å². The second-order valence-electron chi connectivity index (χ2n) is 5.05. The monoisotopic (exact) mass is 318 g/mol. The van der Waals surface area contributed by atoms with Crippen LogP contribution in [0.25, 0.3) is 0 Å². The molecule has 112 valence electrons. The van der Waals surface area contributed by atoms with E-state index in [1.807, 2.05) is 0 Å². The molecule has 0 bridgehead atoms. The summed E-state index contributed by atoms with van der Waals surface area (Å²) in [6, 6.07) is 4.37. The number of nitrogen functional groups attached to an aromatic ring is 1. The SMILES string of the molecule is CN(CC1CCCOC1)S(=O)(=O)c1ccc(Cl)c(N)c1. The minimum Gasteiger partial charge on any atom is -0.397 e. The molecule has 1 unspecified atom stereocenters. The van der Waals surface area contributed by atoms with E-state index in [4.69, 9.17) is 22.1 Å². The molecule has 1 atom stereocenters. The third kappa shape index (κ3) is 3.44. The molecule has 1 aliphatic rings. The van der Waals surface area contributed by atoms with E-state index in [0.717, 1.165) is 19.4 Å². The van der Waals surface area contributed by atoms with Crippen LogP contribution < -0.4 is 5.73 Å². The maximum atomic E-state index is 12.5. The molecule has 2 rings (SSSR count). The zero-order valence-electron chi connectivity index (χ0n) is 11.4. The summed E-state index contributed by atoms with van der Waals surface area (Å²) in [5.74, 6) is 0.244. The van der Waals surface area contributed by atoms with Gasteiger partial charge >= 0.3 is 0 Å². The number of hydrogen-bond donors (Lipinski definition) is 1. The number of rotatable bonds is 4. The summed E-state index contributed by atoms with van der Waals surface area (Å²) in [6.45, 7) is 1.83. The van der Waals surface area contributed by atoms with Crippen LogP contribution in [0, 0.1) is 5.92 Å². The van der Waals surface area contributed by atoms with Gasteiger partial charge in [-0.15, -0.1) is 0 Å². The van der Waals surface area contributed by atoms with Crippen LogP contribution >= 0.6 is 11.6 Å². The Morgan fingerprint density at radius 3 is 2.85 bits per heavy atom. The molecule has 0 aliphatic carbocycles. The highest BCUT2D eigenvalue weighted by molar-refractivity contribution is 7.89. The fraction of sp³-hybridized carbons (Fsp3) is 0.538. The average Bonchev–Trinajstić information content (AvgIpc) is 2.42. The van der Waals surface area contributed by atoms with E-state index in [1.165, 1.54) is 22.5 Å². The van der Waals surface area contributed by atoms with Crippen molar-refractivity contribution in [3.8, 4) is 0 Å². The first-order valence-electron chi connectivity index (χ1n) is 6.50. The Bertz CT molecular complexity index is 571. The second kappa shape index (κ2) is 6.30. The van der Waals surface area contributed by atoms with Crippen molar-refractivity contribution in [2.24, 2.45) is 5.92 Å². The lowest BCUT2D eigenvalue weighted by atomic mass is 10.0. The van der Waals surface area contributed by atoms with Gasteiger partial charge < -0.3 is 10.5 Å². The summed E-state index contributed by atoms with van der Waals surface area (Å²) in [5, 5.41) is 0.354. The van der Waals surface area contributed by atoms with Gasteiger partial charge in [-0.05, 0) is 37.0 Å². The number of hydrogen-bond acceptors (Lipinski definition) is 4. The molecule has 0 radical (unpaired) electrons. The summed E-state index contributed by atoms with van der Waals surface area (Å²) in [7, 11) is -1.96. The normalized spacial score (nSPS) is 20.2. The number of ether oxygens (including phenoxy) is 1. The van der Waals surface area contributed by atoms with Gasteiger partial charge in [0, 0.05) is 20.2 Å². The predicted octanol–water partition coefficient (Wildman–Crippen LogP) is 1.97. The van der Waals surface area contributed by atoms with Crippen molar-refractivity contribution in [1.82, 2.24) is 4.31 Å². The van der Waals surface area contributed by atoms with Crippen LogP contribution in [-0.4, -0.2) is 39.5 Å². The van der Waals surface area contributed by atoms with Gasteiger partial charge in [0.25, 0.3) is 0 Å². The molecule has 1 heterocycles. The lowest BCUT2D eigenvalue weighted by molar-refractivity contribution is 0.0495. The maximum absolute atomic E-state index is 12.5. The first-order valence-corrected chi connectivity index (χ1v) is 8.32. The van der Waals surface area contributed by atoms with Crippen LogP contribution in [0.15, 0.2) is 23.1 Å². The van der Waals surface area contributed by atoms with Crippen molar-refractivity contribution >= 4 is 27.3 Å². The molecule has 1 aromatic carbocycles. The highest BCUT2D eigenvalue weighted by Gasteiger charge is 2.25. The number of nitrogens with zero attached hydrogens (tertiary/aromatic N) is 1. The minimum atomic E-state index is -3.54. The molecule has 5 nitrogen and oxygen atoms in total. The molecule has 7 heteroatoms. The smallest absolute Gasteiger partial charge is 0.242 e. The van der Waals surface area contributed by atoms with Gasteiger partial charge in [-0.3, -0.25) is 0 Å². The number of sulfonamides is 1. The predicted molar refractivity (Wildman–Crippen MR) is 79.2 cm³/mol. The van der Waals surface area contributed by atoms with Crippen molar-refractivity contribution in [2.45, 2.75) is 17.7 Å². The van der Waals surface area contributed by atoms with E-state index in [2.05, 4.69) is 0 Å². The molecule has 1 saturated heterocycles. The minimum absolute atomic E-state index is 0.165. The summed E-state index contributed by atoms with van der Waals surface area (Å²) in [4.78, 5) is 0.165. The lowest BCUT2D eigenvalue weighted by Crippen LogP contribution is -2.35. The van der Waals surface area contributed by atoms with Gasteiger partial charge in [0.2, 0.25) is 10.0 Å². The first kappa shape index (κ1) is 15.6. The highest BCUT2D eigenvalue weighted by atomic mass is 35.5. The number of nitrogens with two attached hydrogens (primary N) is 1. The van der Waals surface area contributed by atoms with Crippen LogP contribution in [0.1, 0.15) is 12.8 Å². The maximum Gasteiger partial charge on any atom is 0.242 e. The molecule has 0 amide bonds. The van der Waals surface area contributed by atoms with Crippen LogP contribution in [-0.2, 0) is 14.8 Å². The highest BCUT2D eigenvalue weighted by Crippen LogP contribution is 2.25. The van der Waals surface area contributed by atoms with Gasteiger partial charge in [-0.1, -0.05) is 11.6 Å². The molecule has 20 heavy (non-hydrogen) atoms. The van der Waals surface area contributed by atoms with Crippen LogP contribution in [0.5, 0.6) is 0 Å². The first-order chi connectivity index (χ1) is 9.41. The third-order valence-corrected chi connectivity index (χ3v) is 5.61. The van der Waals surface area contributed by atoms with E-state index >= 15 is 0 Å². The Balaban J connectivity index is 2.13. The summed E-state index contributed by atoms with van der Waals surface area (Å²) >= 11 is 5.82. The van der Waals surface area contributed by atoms with E-state index in [9.17, 15) is 8.42 Å². The number of benzene rings is 1. The summed E-state index contributed by atoms with van der Waals surface area (Å²) in [6.07, 6.45) is 1.97. The molecule has 0 spiro atoms. The number of anilines is 1. The van der Waals surface area contributed by atoms with Crippen LogP contribution in [0.4, 0.5) is 5.69 Å². The largest absolute Gasteiger partial charge is 0.397 e. The summed E-state index contributed by atoms with van der Waals surface area (Å²) < 4.78 is 31.6. The zero-order valence-corrected chi connectivity index (χ0v) is 13.0. The fourth-order valence-corrected chi connectivity index (χ4v) is 3.68. The molecular weight excluding hydrogens is 300 g/mol. The topological polar surface area (TPSA) is 72.6 Å². The zero-order chi connectivity index (χ0) is 14.8. The molecule has 1 fully saturated rings. The second-order valence-corrected chi connectivity index (χ2v) is 7.50. The molecule has 1 aromatic rings. The van der Waals surface area contributed by atoms with Crippen LogP contribution in [0.2, 0.25) is 5.02 Å². The van der Waals surface area contributed by atoms with Crippen molar-refractivity contribution in [2.75, 3.05) is 32.5 Å². The van der Waals surface area contributed by atoms with E-state index in [-0.39, 0.29) is 16.5 Å². The van der Waals surface area contributed by atoms with Gasteiger partial charge in [0.1, 0.15) is 0 Å². The Kier molecular flexibility index (Phi) is 4.90.